The summed E-state index contributed by atoms with van der Waals surface area (Å²) >= 11 is 0. The van der Waals surface area contributed by atoms with E-state index in [1.54, 1.807) is 6.07 Å². The molecule has 2 aromatic rings. The monoisotopic (exact) mass is 300 g/mol. The van der Waals surface area contributed by atoms with Crippen LogP contribution in [0.15, 0.2) is 24.4 Å². The third-order valence-corrected chi connectivity index (χ3v) is 4.64. The van der Waals surface area contributed by atoms with Crippen molar-refractivity contribution in [3.8, 4) is 0 Å². The maximum Gasteiger partial charge on any atom is 0.337 e. The summed E-state index contributed by atoms with van der Waals surface area (Å²) in [5, 5.41) is 10.5. The van der Waals surface area contributed by atoms with Crippen molar-refractivity contribution < 1.29 is 9.90 Å². The molecular weight excluding hydrogens is 276 g/mol. The van der Waals surface area contributed by atoms with E-state index in [-0.39, 0.29) is 0 Å². The number of para-hydroxylation sites is 1. The molecule has 2 heterocycles. The van der Waals surface area contributed by atoms with Crippen LogP contribution < -0.4 is 0 Å². The van der Waals surface area contributed by atoms with E-state index >= 15 is 0 Å². The molecule has 3 rings (SSSR count). The van der Waals surface area contributed by atoms with E-state index in [1.807, 2.05) is 6.07 Å². The Morgan fingerprint density at radius 3 is 2.55 bits per heavy atom. The molecule has 0 amide bonds. The first-order valence-electron chi connectivity index (χ1n) is 8.27. The lowest BCUT2D eigenvalue weighted by molar-refractivity contribution is 0.0698. The Labute approximate surface area is 131 Å². The lowest BCUT2D eigenvalue weighted by Crippen LogP contribution is -2.23. The molecule has 22 heavy (non-hydrogen) atoms. The molecule has 0 unspecified atom stereocenters. The number of nitrogens with zero attached hydrogens (tertiary/aromatic N) is 2. The number of fused-ring (bicyclic) bond motifs is 1. The Kier molecular flexibility index (Phi) is 4.48. The van der Waals surface area contributed by atoms with Crippen LogP contribution in [0.4, 0.5) is 0 Å². The average Bonchev–Trinajstić information content (AvgIpc) is 2.69. The van der Waals surface area contributed by atoms with Gasteiger partial charge in [0.25, 0.3) is 0 Å². The van der Waals surface area contributed by atoms with E-state index in [1.165, 1.54) is 31.2 Å². The average molecular weight is 300 g/mol. The van der Waals surface area contributed by atoms with Crippen molar-refractivity contribution >= 4 is 16.9 Å². The minimum Gasteiger partial charge on any atom is -0.478 e. The predicted octanol–water partition coefficient (Wildman–Crippen LogP) is 3.74. The van der Waals surface area contributed by atoms with Crippen LogP contribution in [0.1, 0.15) is 48.5 Å². The molecule has 0 bridgehead atoms. The Hall–Kier alpha value is -1.81. The molecule has 1 saturated heterocycles. The van der Waals surface area contributed by atoms with E-state index in [4.69, 9.17) is 0 Å². The molecule has 1 aromatic heterocycles. The fourth-order valence-corrected chi connectivity index (χ4v) is 3.52. The van der Waals surface area contributed by atoms with Crippen LogP contribution in [-0.2, 0) is 13.1 Å². The van der Waals surface area contributed by atoms with E-state index in [0.29, 0.717) is 5.56 Å². The van der Waals surface area contributed by atoms with E-state index in [9.17, 15) is 9.90 Å². The number of carboxylic acid groups (broad SMARTS) is 1. The zero-order valence-corrected chi connectivity index (χ0v) is 13.2. The lowest BCUT2D eigenvalue weighted by atomic mass is 10.1. The van der Waals surface area contributed by atoms with Crippen LogP contribution in [0, 0.1) is 0 Å². The van der Waals surface area contributed by atoms with Crippen molar-refractivity contribution in [2.75, 3.05) is 13.1 Å². The minimum absolute atomic E-state index is 0.404. The van der Waals surface area contributed by atoms with Gasteiger partial charge in [-0.3, -0.25) is 4.90 Å². The van der Waals surface area contributed by atoms with Crippen molar-refractivity contribution in [1.82, 2.24) is 9.47 Å². The number of rotatable bonds is 4. The molecule has 1 aromatic carbocycles. The SMILES string of the molecule is CCn1cc(CN2CCCCCC2)c2cccc(C(=O)O)c21. The van der Waals surface area contributed by atoms with Gasteiger partial charge in [0.15, 0.2) is 0 Å². The van der Waals surface area contributed by atoms with Gasteiger partial charge in [0.05, 0.1) is 11.1 Å². The summed E-state index contributed by atoms with van der Waals surface area (Å²) in [5.74, 6) is -0.847. The maximum absolute atomic E-state index is 11.5. The van der Waals surface area contributed by atoms with Gasteiger partial charge in [-0.1, -0.05) is 25.0 Å². The molecule has 1 aliphatic rings. The molecule has 0 atom stereocenters. The minimum atomic E-state index is -0.847. The topological polar surface area (TPSA) is 45.5 Å². The second-order valence-corrected chi connectivity index (χ2v) is 6.14. The highest BCUT2D eigenvalue weighted by Gasteiger charge is 2.17. The molecule has 0 radical (unpaired) electrons. The second-order valence-electron chi connectivity index (χ2n) is 6.14. The molecule has 0 saturated carbocycles. The summed E-state index contributed by atoms with van der Waals surface area (Å²) in [6, 6.07) is 5.62. The third kappa shape index (κ3) is 2.88. The van der Waals surface area contributed by atoms with Gasteiger partial charge in [0.2, 0.25) is 0 Å². The Morgan fingerprint density at radius 1 is 1.18 bits per heavy atom. The highest BCUT2D eigenvalue weighted by Crippen LogP contribution is 2.27. The number of aromatic carboxylic acids is 1. The standard InChI is InChI=1S/C18H24N2O2/c1-2-20-13-14(12-19-10-5-3-4-6-11-19)15-8-7-9-16(17(15)20)18(21)22/h7-9,13H,2-6,10-12H2,1H3,(H,21,22). The number of aromatic nitrogens is 1. The van der Waals surface area contributed by atoms with Crippen LogP contribution in [0.5, 0.6) is 0 Å². The smallest absolute Gasteiger partial charge is 0.337 e. The zero-order valence-electron chi connectivity index (χ0n) is 13.2. The summed E-state index contributed by atoms with van der Waals surface area (Å²) in [6.07, 6.45) is 7.34. The third-order valence-electron chi connectivity index (χ3n) is 4.64. The molecule has 0 spiro atoms. The van der Waals surface area contributed by atoms with Crippen LogP contribution in [0.2, 0.25) is 0 Å². The summed E-state index contributed by atoms with van der Waals surface area (Å²) < 4.78 is 2.08. The van der Waals surface area contributed by atoms with Gasteiger partial charge in [0, 0.05) is 24.7 Å². The Balaban J connectivity index is 1.99. The Morgan fingerprint density at radius 2 is 1.91 bits per heavy atom. The van der Waals surface area contributed by atoms with Crippen LogP contribution in [-0.4, -0.2) is 33.6 Å². The first-order valence-corrected chi connectivity index (χ1v) is 8.27. The number of carbonyl (C=O) groups is 1. The number of hydrogen-bond acceptors (Lipinski definition) is 2. The van der Waals surface area contributed by atoms with E-state index in [0.717, 1.165) is 37.1 Å². The normalized spacial score (nSPS) is 16.8. The van der Waals surface area contributed by atoms with Crippen LogP contribution >= 0.6 is 0 Å². The zero-order chi connectivity index (χ0) is 15.5. The highest BCUT2D eigenvalue weighted by molar-refractivity contribution is 6.03. The van der Waals surface area contributed by atoms with Gasteiger partial charge in [-0.15, -0.1) is 0 Å². The fourth-order valence-electron chi connectivity index (χ4n) is 3.52. The molecule has 0 aliphatic carbocycles. The molecule has 1 fully saturated rings. The van der Waals surface area contributed by atoms with Crippen LogP contribution in [0.3, 0.4) is 0 Å². The summed E-state index contributed by atoms with van der Waals surface area (Å²) in [4.78, 5) is 14.0. The summed E-state index contributed by atoms with van der Waals surface area (Å²) in [5.41, 5.74) is 2.52. The molecule has 4 nitrogen and oxygen atoms in total. The lowest BCUT2D eigenvalue weighted by Gasteiger charge is -2.19. The predicted molar refractivity (Wildman–Crippen MR) is 88.3 cm³/mol. The first-order chi connectivity index (χ1) is 10.7. The van der Waals surface area contributed by atoms with Crippen molar-refractivity contribution in [2.45, 2.75) is 45.7 Å². The highest BCUT2D eigenvalue weighted by atomic mass is 16.4. The second kappa shape index (κ2) is 6.53. The quantitative estimate of drug-likeness (QED) is 0.935. The van der Waals surface area contributed by atoms with Gasteiger partial charge < -0.3 is 9.67 Å². The number of benzene rings is 1. The molecule has 4 heteroatoms. The molecule has 1 N–H and O–H groups in total. The summed E-state index contributed by atoms with van der Waals surface area (Å²) in [6.45, 7) is 6.08. The van der Waals surface area contributed by atoms with Crippen molar-refractivity contribution in [1.29, 1.82) is 0 Å². The van der Waals surface area contributed by atoms with E-state index < -0.39 is 5.97 Å². The number of carboxylic acids is 1. The van der Waals surface area contributed by atoms with Crippen LogP contribution in [0.25, 0.3) is 10.9 Å². The Bertz CT molecular complexity index is 667. The van der Waals surface area contributed by atoms with Crippen molar-refractivity contribution in [3.05, 3.63) is 35.5 Å². The van der Waals surface area contributed by atoms with Crippen molar-refractivity contribution in [2.24, 2.45) is 0 Å². The fraction of sp³-hybridized carbons (Fsp3) is 0.500. The number of likely N-dealkylation sites (tertiary alicyclic amines) is 1. The largest absolute Gasteiger partial charge is 0.478 e. The van der Waals surface area contributed by atoms with Gasteiger partial charge in [-0.25, -0.2) is 4.79 Å². The van der Waals surface area contributed by atoms with Crippen molar-refractivity contribution in [3.63, 3.8) is 0 Å². The van der Waals surface area contributed by atoms with Gasteiger partial charge in [-0.05, 0) is 44.5 Å². The maximum atomic E-state index is 11.5. The molecule has 1 aliphatic heterocycles. The first kappa shape index (κ1) is 15.1. The van der Waals surface area contributed by atoms with Gasteiger partial charge >= 0.3 is 5.97 Å². The molecule has 118 valence electrons. The number of hydrogen-bond donors (Lipinski definition) is 1. The summed E-state index contributed by atoms with van der Waals surface area (Å²) in [7, 11) is 0. The number of aryl methyl sites for hydroxylation is 1. The van der Waals surface area contributed by atoms with Gasteiger partial charge in [0.1, 0.15) is 0 Å². The van der Waals surface area contributed by atoms with Gasteiger partial charge in [-0.2, -0.15) is 0 Å². The molecular formula is C18H24N2O2. The van der Waals surface area contributed by atoms with E-state index in [2.05, 4.69) is 28.7 Å².